The molecule has 1 atom stereocenters. The number of carbonyl (C=O) groups is 2. The van der Waals surface area contributed by atoms with Crippen LogP contribution in [0.5, 0.6) is 5.75 Å². The molecule has 0 bridgehead atoms. The number of nitrogens with one attached hydrogen (secondary N) is 1. The Bertz CT molecular complexity index is 1270. The average Bonchev–Trinajstić information content (AvgIpc) is 3.35. The third kappa shape index (κ3) is 6.54. The van der Waals surface area contributed by atoms with Crippen LogP contribution in [0.1, 0.15) is 46.6 Å². The predicted molar refractivity (Wildman–Crippen MR) is 129 cm³/mol. The predicted octanol–water partition coefficient (Wildman–Crippen LogP) is 4.56. The quantitative estimate of drug-likeness (QED) is 0.309. The molecular weight excluding hydrogens is 446 g/mol. The first-order valence-corrected chi connectivity index (χ1v) is 11.3. The van der Waals surface area contributed by atoms with E-state index in [1.165, 1.54) is 0 Å². The fourth-order valence-electron chi connectivity index (χ4n) is 3.63. The third-order valence-corrected chi connectivity index (χ3v) is 5.55. The number of aliphatic carboxylic acids is 1. The number of aromatic hydroxyl groups is 1. The van der Waals surface area contributed by atoms with Crippen molar-refractivity contribution < 1.29 is 24.2 Å². The normalized spacial score (nSPS) is 11.7. The van der Waals surface area contributed by atoms with E-state index in [0.717, 1.165) is 16.7 Å². The number of benzene rings is 3. The Hall–Kier alpha value is -4.46. The molecule has 0 aliphatic rings. The van der Waals surface area contributed by atoms with Crippen molar-refractivity contribution in [2.24, 2.45) is 0 Å². The van der Waals surface area contributed by atoms with Gasteiger partial charge in [-0.15, -0.1) is 10.2 Å². The molecular formula is C27H25N3O5. The number of carboxylic acids is 1. The van der Waals surface area contributed by atoms with E-state index < -0.39 is 12.0 Å². The van der Waals surface area contributed by atoms with E-state index in [-0.39, 0.29) is 30.4 Å². The number of nitrogens with zero attached hydrogens (tertiary/aromatic N) is 2. The van der Waals surface area contributed by atoms with Gasteiger partial charge in [0.15, 0.2) is 0 Å². The van der Waals surface area contributed by atoms with Gasteiger partial charge < -0.3 is 19.9 Å². The molecule has 0 aliphatic heterocycles. The van der Waals surface area contributed by atoms with Gasteiger partial charge in [-0.1, -0.05) is 54.6 Å². The van der Waals surface area contributed by atoms with Crippen LogP contribution in [-0.4, -0.2) is 32.3 Å². The third-order valence-electron chi connectivity index (χ3n) is 5.55. The molecule has 0 fully saturated rings. The van der Waals surface area contributed by atoms with Crippen LogP contribution in [0.3, 0.4) is 0 Å². The Balaban J connectivity index is 1.43. The Morgan fingerprint density at radius 2 is 1.54 bits per heavy atom. The molecule has 0 radical (unpaired) electrons. The minimum Gasteiger partial charge on any atom is -0.508 e. The number of rotatable bonds is 10. The smallest absolute Gasteiger partial charge is 0.303 e. The van der Waals surface area contributed by atoms with E-state index in [9.17, 15) is 14.7 Å². The van der Waals surface area contributed by atoms with Crippen molar-refractivity contribution in [3.05, 3.63) is 102 Å². The van der Waals surface area contributed by atoms with E-state index in [0.29, 0.717) is 24.3 Å². The van der Waals surface area contributed by atoms with Gasteiger partial charge in [-0.25, -0.2) is 0 Å². The van der Waals surface area contributed by atoms with Gasteiger partial charge >= 0.3 is 5.97 Å². The molecule has 0 saturated heterocycles. The lowest BCUT2D eigenvalue weighted by Gasteiger charge is -2.14. The molecule has 3 N–H and O–H groups in total. The Kier molecular flexibility index (Phi) is 7.52. The van der Waals surface area contributed by atoms with E-state index in [1.54, 1.807) is 24.3 Å². The molecule has 3 aromatic carbocycles. The summed E-state index contributed by atoms with van der Waals surface area (Å²) in [6.45, 7) is 0. The average molecular weight is 472 g/mol. The monoisotopic (exact) mass is 471 g/mol. The van der Waals surface area contributed by atoms with Gasteiger partial charge in [0.1, 0.15) is 11.8 Å². The number of carboxylic acid groups (broad SMARTS) is 1. The van der Waals surface area contributed by atoms with Crippen molar-refractivity contribution in [3.8, 4) is 16.9 Å². The number of aryl methyl sites for hydroxylation is 2. The maximum Gasteiger partial charge on any atom is 0.303 e. The highest BCUT2D eigenvalue weighted by Crippen LogP contribution is 2.22. The van der Waals surface area contributed by atoms with Crippen LogP contribution in [0.4, 0.5) is 0 Å². The summed E-state index contributed by atoms with van der Waals surface area (Å²) in [5.41, 5.74) is 3.47. The Morgan fingerprint density at radius 3 is 2.23 bits per heavy atom. The lowest BCUT2D eigenvalue weighted by atomic mass is 10.0. The maximum absolute atomic E-state index is 12.9. The van der Waals surface area contributed by atoms with Crippen LogP contribution >= 0.6 is 0 Å². The van der Waals surface area contributed by atoms with Gasteiger partial charge in [0, 0.05) is 18.4 Å². The lowest BCUT2D eigenvalue weighted by Crippen LogP contribution is -2.29. The van der Waals surface area contributed by atoms with Crippen molar-refractivity contribution in [1.82, 2.24) is 15.5 Å². The van der Waals surface area contributed by atoms with Crippen molar-refractivity contribution >= 4 is 11.9 Å². The van der Waals surface area contributed by atoms with Gasteiger partial charge in [-0.05, 0) is 53.8 Å². The molecule has 0 aliphatic carbocycles. The first-order chi connectivity index (χ1) is 17.0. The summed E-state index contributed by atoms with van der Waals surface area (Å²) in [6.07, 6.45) is 1.05. The van der Waals surface area contributed by atoms with E-state index in [2.05, 4.69) is 15.5 Å². The molecule has 35 heavy (non-hydrogen) atoms. The number of carbonyl (C=O) groups excluding carboxylic acids is 1. The van der Waals surface area contributed by atoms with Gasteiger partial charge in [-0.2, -0.15) is 0 Å². The maximum atomic E-state index is 12.9. The lowest BCUT2D eigenvalue weighted by molar-refractivity contribution is -0.137. The summed E-state index contributed by atoms with van der Waals surface area (Å²) < 4.78 is 5.76. The van der Waals surface area contributed by atoms with Crippen LogP contribution in [-0.2, 0) is 17.6 Å². The zero-order valence-electron chi connectivity index (χ0n) is 18.9. The minimum absolute atomic E-state index is 0.114. The van der Waals surface area contributed by atoms with Crippen molar-refractivity contribution in [2.75, 3.05) is 0 Å². The molecule has 4 aromatic rings. The molecule has 8 nitrogen and oxygen atoms in total. The number of phenols is 1. The fraction of sp³-hybridized carbons (Fsp3) is 0.185. The first kappa shape index (κ1) is 23.7. The van der Waals surface area contributed by atoms with Crippen LogP contribution in [0, 0.1) is 0 Å². The topological polar surface area (TPSA) is 126 Å². The minimum atomic E-state index is -0.983. The molecule has 0 spiro atoms. The second kappa shape index (κ2) is 11.1. The second-order valence-corrected chi connectivity index (χ2v) is 8.10. The van der Waals surface area contributed by atoms with Crippen molar-refractivity contribution in [1.29, 1.82) is 0 Å². The molecule has 1 aromatic heterocycles. The number of hydrogen-bond acceptors (Lipinski definition) is 6. The number of phenolic OH excluding ortho intramolecular Hbond substituents is 1. The first-order valence-electron chi connectivity index (χ1n) is 11.3. The van der Waals surface area contributed by atoms with Crippen LogP contribution in [0.15, 0.2) is 83.3 Å². The summed E-state index contributed by atoms with van der Waals surface area (Å²) >= 11 is 0. The molecule has 8 heteroatoms. The molecule has 178 valence electrons. The number of aromatic nitrogens is 2. The highest BCUT2D eigenvalue weighted by atomic mass is 16.4. The van der Waals surface area contributed by atoms with Crippen molar-refractivity contribution in [3.63, 3.8) is 0 Å². The standard InChI is InChI=1S/C27H25N3O5/c31-22-13-6-18(7-14-22)8-16-24-29-30-27(35-24)23(15-17-25(32)33)28-26(34)21-11-9-20(10-12-21)19-4-2-1-3-5-19/h1-7,9-14,23,31H,8,15-17H2,(H,28,34)(H,32,33)/t23-/m0/s1. The molecule has 1 amide bonds. The summed E-state index contributed by atoms with van der Waals surface area (Å²) in [5, 5.41) is 29.5. The second-order valence-electron chi connectivity index (χ2n) is 8.10. The Labute approximate surface area is 202 Å². The van der Waals surface area contributed by atoms with Crippen LogP contribution < -0.4 is 5.32 Å². The number of amides is 1. The zero-order chi connectivity index (χ0) is 24.6. The summed E-state index contributed by atoms with van der Waals surface area (Å²) in [4.78, 5) is 24.1. The van der Waals surface area contributed by atoms with Gasteiger partial charge in [0.2, 0.25) is 11.8 Å². The Morgan fingerprint density at radius 1 is 0.857 bits per heavy atom. The van der Waals surface area contributed by atoms with Crippen LogP contribution in [0.25, 0.3) is 11.1 Å². The van der Waals surface area contributed by atoms with E-state index >= 15 is 0 Å². The van der Waals surface area contributed by atoms with Gasteiger partial charge in [-0.3, -0.25) is 9.59 Å². The summed E-state index contributed by atoms with van der Waals surface area (Å²) in [6, 6.07) is 23.1. The molecule has 0 saturated carbocycles. The zero-order valence-corrected chi connectivity index (χ0v) is 18.9. The molecule has 0 unspecified atom stereocenters. The van der Waals surface area contributed by atoms with E-state index in [4.69, 9.17) is 9.52 Å². The summed E-state index contributed by atoms with van der Waals surface area (Å²) in [7, 11) is 0. The van der Waals surface area contributed by atoms with Gasteiger partial charge in [0.05, 0.1) is 0 Å². The molecule has 4 rings (SSSR count). The highest BCUT2D eigenvalue weighted by Gasteiger charge is 2.23. The van der Waals surface area contributed by atoms with Gasteiger partial charge in [0.25, 0.3) is 5.91 Å². The molecule has 1 heterocycles. The van der Waals surface area contributed by atoms with E-state index in [1.807, 2.05) is 54.6 Å². The fourth-order valence-corrected chi connectivity index (χ4v) is 3.63. The SMILES string of the molecule is O=C(O)CC[C@H](NC(=O)c1ccc(-c2ccccc2)cc1)c1nnc(CCc2ccc(O)cc2)o1. The number of hydrogen-bond donors (Lipinski definition) is 3. The largest absolute Gasteiger partial charge is 0.508 e. The summed E-state index contributed by atoms with van der Waals surface area (Å²) in [5.74, 6) is -0.594. The highest BCUT2D eigenvalue weighted by molar-refractivity contribution is 5.94. The van der Waals surface area contributed by atoms with Crippen LogP contribution in [0.2, 0.25) is 0 Å². The van der Waals surface area contributed by atoms with Crippen molar-refractivity contribution in [2.45, 2.75) is 31.7 Å².